The van der Waals surface area contributed by atoms with Crippen molar-refractivity contribution < 1.29 is 24.2 Å². The Bertz CT molecular complexity index is 820. The van der Waals surface area contributed by atoms with Gasteiger partial charge in [-0.25, -0.2) is 0 Å². The molecular weight excluding hydrogens is 437 g/mol. The van der Waals surface area contributed by atoms with Gasteiger partial charge in [-0.15, -0.1) is 0 Å². The van der Waals surface area contributed by atoms with Gasteiger partial charge in [-0.2, -0.15) is 0 Å². The van der Waals surface area contributed by atoms with Gasteiger partial charge < -0.3 is 9.84 Å². The number of imide groups is 1. The lowest BCUT2D eigenvalue weighted by Gasteiger charge is -2.29. The van der Waals surface area contributed by atoms with Crippen LogP contribution in [0.15, 0.2) is 30.4 Å². The molecule has 2 aliphatic carbocycles. The molecule has 3 aliphatic rings. The topological polar surface area (TPSA) is 92.7 Å². The number of amides is 2. The van der Waals surface area contributed by atoms with E-state index in [1.54, 1.807) is 18.2 Å². The number of phenols is 1. The van der Waals surface area contributed by atoms with Crippen LogP contribution in [0, 0.1) is 21.3 Å². The molecular formula is C18H16INO5. The van der Waals surface area contributed by atoms with Crippen molar-refractivity contribution in [2.45, 2.75) is 24.9 Å². The number of halogens is 1. The lowest BCUT2D eigenvalue weighted by Crippen LogP contribution is -2.42. The number of aryl methyl sites for hydroxylation is 1. The lowest BCUT2D eigenvalue weighted by atomic mass is 9.82. The van der Waals surface area contributed by atoms with Crippen LogP contribution >= 0.6 is 22.6 Å². The van der Waals surface area contributed by atoms with Crippen molar-refractivity contribution in [3.63, 3.8) is 0 Å². The Kier molecular flexibility index (Phi) is 3.86. The lowest BCUT2D eigenvalue weighted by molar-refractivity contribution is -0.160. The van der Waals surface area contributed by atoms with Crippen molar-refractivity contribution in [2.75, 3.05) is 0 Å². The second-order valence-corrected chi connectivity index (χ2v) is 7.96. The molecule has 0 aromatic heterocycles. The Balaban J connectivity index is 1.44. The van der Waals surface area contributed by atoms with Crippen molar-refractivity contribution >= 4 is 40.4 Å². The van der Waals surface area contributed by atoms with Crippen molar-refractivity contribution in [1.82, 2.24) is 5.32 Å². The molecule has 1 aromatic rings. The van der Waals surface area contributed by atoms with Gasteiger partial charge in [0.15, 0.2) is 0 Å². The first kappa shape index (κ1) is 16.6. The van der Waals surface area contributed by atoms with Crippen LogP contribution in [0.4, 0.5) is 0 Å². The van der Waals surface area contributed by atoms with Crippen LogP contribution in [0.2, 0.25) is 0 Å². The number of nitrogens with one attached hydrogen (secondary N) is 1. The van der Waals surface area contributed by atoms with E-state index >= 15 is 0 Å². The van der Waals surface area contributed by atoms with E-state index in [9.17, 15) is 19.5 Å². The fraction of sp³-hybridized carbons (Fsp3) is 0.389. The Hall–Kier alpha value is -1.90. The minimum absolute atomic E-state index is 0.0390. The Morgan fingerprint density at radius 2 is 2.16 bits per heavy atom. The quantitative estimate of drug-likeness (QED) is 0.314. The molecule has 2 N–H and O–H groups in total. The van der Waals surface area contributed by atoms with Crippen molar-refractivity contribution in [2.24, 2.45) is 17.8 Å². The summed E-state index contributed by atoms with van der Waals surface area (Å²) in [6.07, 6.45) is 4.82. The summed E-state index contributed by atoms with van der Waals surface area (Å²) in [5.74, 6) is -1.84. The molecule has 6 nitrogen and oxygen atoms in total. The fourth-order valence-corrected chi connectivity index (χ4v) is 4.77. The van der Waals surface area contributed by atoms with Crippen LogP contribution in [0.5, 0.6) is 5.75 Å². The zero-order valence-electron chi connectivity index (χ0n) is 13.2. The molecule has 2 fully saturated rings. The molecule has 4 atom stereocenters. The number of ether oxygens (including phenoxy) is 1. The summed E-state index contributed by atoms with van der Waals surface area (Å²) in [6, 6.07) is 5.19. The van der Waals surface area contributed by atoms with E-state index in [-0.39, 0.29) is 35.9 Å². The molecule has 0 spiro atoms. The largest absolute Gasteiger partial charge is 0.507 e. The van der Waals surface area contributed by atoms with Gasteiger partial charge in [0, 0.05) is 6.42 Å². The molecule has 4 unspecified atom stereocenters. The maximum Gasteiger partial charge on any atom is 0.307 e. The standard InChI is InChI=1S/C18H16INO5/c19-11-7-9(1-3-12(11)21)2-4-13(22)25-18-6-5-10(8-18)14-15(18)17(24)20-16(14)23/h1,3,5-7,10,14-15,21H,2,4,8H2,(H,20,23,24). The summed E-state index contributed by atoms with van der Waals surface area (Å²) in [6.45, 7) is 0. The summed E-state index contributed by atoms with van der Waals surface area (Å²) in [7, 11) is 0. The van der Waals surface area contributed by atoms with Gasteiger partial charge in [0.05, 0.1) is 15.4 Å². The molecule has 1 heterocycles. The van der Waals surface area contributed by atoms with Crippen LogP contribution in [-0.4, -0.2) is 28.5 Å². The summed E-state index contributed by atoms with van der Waals surface area (Å²) < 4.78 is 6.43. The Labute approximate surface area is 157 Å². The number of fused-ring (bicyclic) bond motifs is 5. The van der Waals surface area contributed by atoms with Gasteiger partial charge in [-0.05, 0) is 65.1 Å². The summed E-state index contributed by atoms with van der Waals surface area (Å²) in [5.41, 5.74) is -0.0546. The zero-order chi connectivity index (χ0) is 17.8. The van der Waals surface area contributed by atoms with Crippen molar-refractivity contribution in [1.29, 1.82) is 0 Å². The average molecular weight is 453 g/mol. The van der Waals surface area contributed by atoms with E-state index in [0.29, 0.717) is 12.8 Å². The Morgan fingerprint density at radius 1 is 1.36 bits per heavy atom. The number of rotatable bonds is 4. The van der Waals surface area contributed by atoms with Crippen molar-refractivity contribution in [3.05, 3.63) is 39.5 Å². The molecule has 0 radical (unpaired) electrons. The summed E-state index contributed by atoms with van der Waals surface area (Å²) in [5, 5.41) is 11.9. The number of hydrogen-bond acceptors (Lipinski definition) is 5. The predicted molar refractivity (Wildman–Crippen MR) is 95.3 cm³/mol. The highest BCUT2D eigenvalue weighted by molar-refractivity contribution is 14.1. The zero-order valence-corrected chi connectivity index (χ0v) is 15.4. The highest BCUT2D eigenvalue weighted by atomic mass is 127. The van der Waals surface area contributed by atoms with Gasteiger partial charge in [-0.3, -0.25) is 19.7 Å². The molecule has 4 rings (SSSR count). The monoisotopic (exact) mass is 453 g/mol. The molecule has 2 amide bonds. The van der Waals surface area contributed by atoms with Gasteiger partial charge in [0.1, 0.15) is 11.4 Å². The van der Waals surface area contributed by atoms with Crippen LogP contribution in [-0.2, 0) is 25.5 Å². The van der Waals surface area contributed by atoms with Gasteiger partial charge in [0.25, 0.3) is 0 Å². The maximum absolute atomic E-state index is 12.4. The van der Waals surface area contributed by atoms with E-state index in [2.05, 4.69) is 5.32 Å². The minimum atomic E-state index is -0.980. The van der Waals surface area contributed by atoms with E-state index in [4.69, 9.17) is 4.74 Å². The number of phenolic OH excluding ortho intramolecular Hbond substituents is 1. The summed E-state index contributed by atoms with van der Waals surface area (Å²) in [4.78, 5) is 36.4. The number of aromatic hydroxyl groups is 1. The molecule has 1 aromatic carbocycles. The first-order valence-corrected chi connectivity index (χ1v) is 9.21. The second kappa shape index (κ2) is 5.82. The van der Waals surface area contributed by atoms with Crippen LogP contribution < -0.4 is 5.32 Å². The van der Waals surface area contributed by atoms with E-state index in [1.807, 2.05) is 34.7 Å². The number of esters is 1. The highest BCUT2D eigenvalue weighted by Crippen LogP contribution is 2.55. The molecule has 1 saturated heterocycles. The number of hydrogen-bond donors (Lipinski definition) is 2. The summed E-state index contributed by atoms with van der Waals surface area (Å²) >= 11 is 2.03. The van der Waals surface area contributed by atoms with E-state index in [0.717, 1.165) is 9.13 Å². The van der Waals surface area contributed by atoms with Crippen molar-refractivity contribution in [3.8, 4) is 5.75 Å². The molecule has 2 bridgehead atoms. The fourth-order valence-electron chi connectivity index (χ4n) is 4.19. The third-order valence-corrected chi connectivity index (χ3v) is 6.16. The van der Waals surface area contributed by atoms with Crippen LogP contribution in [0.25, 0.3) is 0 Å². The molecule has 25 heavy (non-hydrogen) atoms. The van der Waals surface area contributed by atoms with Gasteiger partial charge in [-0.1, -0.05) is 12.1 Å². The first-order valence-electron chi connectivity index (χ1n) is 8.13. The van der Waals surface area contributed by atoms with Crippen LogP contribution in [0.1, 0.15) is 18.4 Å². The smallest absolute Gasteiger partial charge is 0.307 e. The van der Waals surface area contributed by atoms with E-state index in [1.165, 1.54) is 0 Å². The third-order valence-electron chi connectivity index (χ3n) is 5.29. The van der Waals surface area contributed by atoms with Gasteiger partial charge in [0.2, 0.25) is 11.8 Å². The third kappa shape index (κ3) is 2.65. The number of carbonyl (C=O) groups excluding carboxylic acids is 3. The minimum Gasteiger partial charge on any atom is -0.507 e. The highest BCUT2D eigenvalue weighted by Gasteiger charge is 2.65. The molecule has 1 aliphatic heterocycles. The van der Waals surface area contributed by atoms with Crippen LogP contribution in [0.3, 0.4) is 0 Å². The molecule has 1 saturated carbocycles. The Morgan fingerprint density at radius 3 is 2.92 bits per heavy atom. The predicted octanol–water partition coefficient (Wildman–Crippen LogP) is 1.69. The maximum atomic E-state index is 12.4. The van der Waals surface area contributed by atoms with E-state index < -0.39 is 17.4 Å². The SMILES string of the molecule is O=C(CCc1ccc(O)c(I)c1)OC12C=CC(C1)C1C(=O)NC(=O)C12. The molecule has 130 valence electrons. The first-order chi connectivity index (χ1) is 11.9. The van der Waals surface area contributed by atoms with Gasteiger partial charge >= 0.3 is 5.97 Å². The second-order valence-electron chi connectivity index (χ2n) is 6.80. The number of benzene rings is 1. The normalized spacial score (nSPS) is 32.0. The molecule has 7 heteroatoms. The number of allylic oxidation sites excluding steroid dienone is 1. The number of carbonyl (C=O) groups is 3. The average Bonchev–Trinajstić information content (AvgIpc) is 3.20.